The molecule has 4 nitrogen and oxygen atoms in total. The first-order valence-electron chi connectivity index (χ1n) is 5.52. The van der Waals surface area contributed by atoms with Gasteiger partial charge in [0.1, 0.15) is 4.49 Å². The minimum absolute atomic E-state index is 0.0230. The lowest BCUT2D eigenvalue weighted by Crippen LogP contribution is -2.25. The van der Waals surface area contributed by atoms with Crippen LogP contribution in [-0.4, -0.2) is 19.0 Å². The van der Waals surface area contributed by atoms with E-state index < -0.39 is 11.9 Å². The predicted octanol–water partition coefficient (Wildman–Crippen LogP) is 4.09. The van der Waals surface area contributed by atoms with E-state index in [2.05, 4.69) is 4.74 Å². The summed E-state index contributed by atoms with van der Waals surface area (Å²) in [6.07, 6.45) is 1.06. The Hall–Kier alpha value is -1.20. The van der Waals surface area contributed by atoms with Gasteiger partial charge in [0.2, 0.25) is 0 Å². The van der Waals surface area contributed by atoms with Crippen molar-refractivity contribution in [3.63, 3.8) is 0 Å². The molecule has 0 bridgehead atoms. The number of methoxy groups -OCH3 is 1. The van der Waals surface area contributed by atoms with E-state index in [1.54, 1.807) is 18.2 Å². The van der Waals surface area contributed by atoms with Gasteiger partial charge in [-0.2, -0.15) is 0 Å². The highest BCUT2D eigenvalue weighted by molar-refractivity contribution is 6.57. The molecule has 8 heteroatoms. The van der Waals surface area contributed by atoms with Crippen LogP contribution in [0.3, 0.4) is 0 Å². The highest BCUT2D eigenvalue weighted by Crippen LogP contribution is 2.42. The molecular formula is C13H7Cl4NO3. The van der Waals surface area contributed by atoms with Crippen molar-refractivity contribution in [2.75, 3.05) is 12.0 Å². The summed E-state index contributed by atoms with van der Waals surface area (Å²) < 4.78 is 4.32. The number of para-hydroxylation sites is 1. The van der Waals surface area contributed by atoms with Crippen LogP contribution in [0.2, 0.25) is 10.0 Å². The molecule has 0 N–H and O–H groups in total. The third kappa shape index (κ3) is 2.90. The highest BCUT2D eigenvalue weighted by Gasteiger charge is 2.37. The topological polar surface area (TPSA) is 46.6 Å². The normalized spacial score (nSPS) is 14.3. The van der Waals surface area contributed by atoms with Gasteiger partial charge >= 0.3 is 5.97 Å². The van der Waals surface area contributed by atoms with Crippen molar-refractivity contribution in [1.29, 1.82) is 0 Å². The Morgan fingerprint density at radius 1 is 1.19 bits per heavy atom. The van der Waals surface area contributed by atoms with Gasteiger partial charge in [0.15, 0.2) is 0 Å². The second kappa shape index (κ2) is 6.28. The molecule has 110 valence electrons. The Labute approximate surface area is 140 Å². The predicted molar refractivity (Wildman–Crippen MR) is 82.8 cm³/mol. The minimum Gasteiger partial charge on any atom is -0.465 e. The lowest BCUT2D eigenvalue weighted by atomic mass is 10.2. The monoisotopic (exact) mass is 365 g/mol. The van der Waals surface area contributed by atoms with Crippen LogP contribution in [0.5, 0.6) is 0 Å². The lowest BCUT2D eigenvalue weighted by Gasteiger charge is -2.22. The van der Waals surface area contributed by atoms with Crippen LogP contribution in [0.1, 0.15) is 0 Å². The van der Waals surface area contributed by atoms with Gasteiger partial charge in [-0.15, -0.1) is 0 Å². The van der Waals surface area contributed by atoms with Crippen molar-refractivity contribution >= 4 is 64.0 Å². The van der Waals surface area contributed by atoms with Gasteiger partial charge in [-0.25, -0.2) is 4.79 Å². The minimum atomic E-state index is -0.747. The first-order valence-corrected chi connectivity index (χ1v) is 7.03. The molecule has 0 spiro atoms. The maximum absolute atomic E-state index is 12.2. The zero-order valence-corrected chi connectivity index (χ0v) is 13.5. The van der Waals surface area contributed by atoms with Crippen LogP contribution >= 0.6 is 46.4 Å². The number of rotatable bonds is 2. The van der Waals surface area contributed by atoms with Crippen LogP contribution < -0.4 is 4.90 Å². The van der Waals surface area contributed by atoms with Crippen LogP contribution in [0.25, 0.3) is 0 Å². The first kappa shape index (κ1) is 16.2. The molecule has 0 saturated heterocycles. The highest BCUT2D eigenvalue weighted by atomic mass is 35.5. The van der Waals surface area contributed by atoms with Gasteiger partial charge in [0.25, 0.3) is 5.91 Å². The fraction of sp³-hybridized carbons (Fsp3) is 0.0769. The van der Waals surface area contributed by atoms with Crippen molar-refractivity contribution in [3.8, 4) is 0 Å². The number of carbonyl (C=O) groups excluding carboxylic acids is 2. The molecule has 0 radical (unpaired) electrons. The standard InChI is InChI=1S/C13H7Cl4NO3/c1-21-13(20)6-5-9(19)18(10(6)12(16)17)11-7(14)3-2-4-8(11)15/h2-5H,1H3. The number of hydrogen-bond donors (Lipinski definition) is 0. The Balaban J connectivity index is 2.64. The molecule has 2 rings (SSSR count). The van der Waals surface area contributed by atoms with E-state index in [9.17, 15) is 9.59 Å². The fourth-order valence-corrected chi connectivity index (χ4v) is 2.80. The van der Waals surface area contributed by atoms with Crippen molar-refractivity contribution in [1.82, 2.24) is 0 Å². The summed E-state index contributed by atoms with van der Waals surface area (Å²) in [4.78, 5) is 25.0. The van der Waals surface area contributed by atoms with E-state index in [0.29, 0.717) is 0 Å². The molecular weight excluding hydrogens is 360 g/mol. The number of halogens is 4. The van der Waals surface area contributed by atoms with E-state index in [-0.39, 0.29) is 31.5 Å². The summed E-state index contributed by atoms with van der Waals surface area (Å²) >= 11 is 23.8. The number of esters is 1. The third-order valence-corrected chi connectivity index (χ3v) is 3.68. The smallest absolute Gasteiger partial charge is 0.340 e. The largest absolute Gasteiger partial charge is 0.465 e. The number of nitrogens with zero attached hydrogens (tertiary/aromatic N) is 1. The van der Waals surface area contributed by atoms with Crippen LogP contribution in [0.4, 0.5) is 5.69 Å². The Bertz CT molecular complexity index is 672. The molecule has 1 aliphatic heterocycles. The second-order valence-corrected chi connectivity index (χ2v) is 5.67. The number of carbonyl (C=O) groups is 2. The molecule has 1 aromatic rings. The second-order valence-electron chi connectivity index (χ2n) is 3.90. The van der Waals surface area contributed by atoms with E-state index in [0.717, 1.165) is 11.0 Å². The van der Waals surface area contributed by atoms with E-state index in [1.807, 2.05) is 0 Å². The molecule has 1 aliphatic rings. The van der Waals surface area contributed by atoms with Gasteiger partial charge in [0.05, 0.1) is 34.1 Å². The van der Waals surface area contributed by atoms with Crippen molar-refractivity contribution in [2.45, 2.75) is 0 Å². The van der Waals surface area contributed by atoms with Crippen LogP contribution in [0.15, 0.2) is 40.0 Å². The van der Waals surface area contributed by atoms with E-state index in [1.165, 1.54) is 7.11 Å². The summed E-state index contributed by atoms with van der Waals surface area (Å²) in [7, 11) is 1.18. The molecule has 0 fully saturated rings. The quantitative estimate of drug-likeness (QED) is 0.740. The number of hydrogen-bond acceptors (Lipinski definition) is 3. The van der Waals surface area contributed by atoms with Crippen LogP contribution in [0, 0.1) is 0 Å². The number of ether oxygens (including phenoxy) is 1. The molecule has 1 aromatic carbocycles. The molecule has 0 aliphatic carbocycles. The molecule has 21 heavy (non-hydrogen) atoms. The summed E-state index contributed by atoms with van der Waals surface area (Å²) in [5.41, 5.74) is 0.0958. The molecule has 0 saturated carbocycles. The van der Waals surface area contributed by atoms with Gasteiger partial charge in [-0.1, -0.05) is 52.5 Å². The molecule has 0 atom stereocenters. The van der Waals surface area contributed by atoms with Crippen molar-refractivity contribution in [2.24, 2.45) is 0 Å². The Morgan fingerprint density at radius 3 is 2.24 bits per heavy atom. The zero-order chi connectivity index (χ0) is 15.7. The summed E-state index contributed by atoms with van der Waals surface area (Å²) in [5, 5.41) is 0.421. The number of amides is 1. The lowest BCUT2D eigenvalue weighted by molar-refractivity contribution is -0.135. The number of benzene rings is 1. The zero-order valence-electron chi connectivity index (χ0n) is 10.5. The maximum Gasteiger partial charge on any atom is 0.340 e. The fourth-order valence-electron chi connectivity index (χ4n) is 1.86. The average molecular weight is 367 g/mol. The average Bonchev–Trinajstić information content (AvgIpc) is 2.76. The summed E-state index contributed by atoms with van der Waals surface area (Å²) in [6, 6.07) is 4.72. The van der Waals surface area contributed by atoms with Gasteiger partial charge < -0.3 is 4.74 Å². The molecule has 1 amide bonds. The van der Waals surface area contributed by atoms with Gasteiger partial charge in [-0.05, 0) is 12.1 Å². The SMILES string of the molecule is COC(=O)C1=CC(=O)N(c2c(Cl)cccc2Cl)C1=C(Cl)Cl. The number of anilines is 1. The molecule has 0 aromatic heterocycles. The summed E-state index contributed by atoms with van der Waals surface area (Å²) in [5.74, 6) is -1.30. The van der Waals surface area contributed by atoms with Crippen LogP contribution in [-0.2, 0) is 14.3 Å². The van der Waals surface area contributed by atoms with Crippen molar-refractivity contribution in [3.05, 3.63) is 50.1 Å². The molecule has 1 heterocycles. The maximum atomic E-state index is 12.2. The Morgan fingerprint density at radius 2 is 1.76 bits per heavy atom. The molecule has 0 unspecified atom stereocenters. The van der Waals surface area contributed by atoms with E-state index >= 15 is 0 Å². The van der Waals surface area contributed by atoms with Gasteiger partial charge in [-0.3, -0.25) is 9.69 Å². The van der Waals surface area contributed by atoms with E-state index in [4.69, 9.17) is 46.4 Å². The summed E-state index contributed by atoms with van der Waals surface area (Å²) in [6.45, 7) is 0. The van der Waals surface area contributed by atoms with Crippen molar-refractivity contribution < 1.29 is 14.3 Å². The third-order valence-electron chi connectivity index (χ3n) is 2.71. The van der Waals surface area contributed by atoms with Gasteiger partial charge in [0, 0.05) is 6.08 Å². The Kier molecular flexibility index (Phi) is 4.84. The first-order chi connectivity index (χ1) is 9.88.